The number of benzene rings is 2. The summed E-state index contributed by atoms with van der Waals surface area (Å²) < 4.78 is 45.7. The van der Waals surface area contributed by atoms with Crippen LogP contribution >= 0.6 is 11.6 Å². The van der Waals surface area contributed by atoms with Crippen molar-refractivity contribution in [1.82, 2.24) is 9.62 Å². The van der Waals surface area contributed by atoms with Gasteiger partial charge in [0.25, 0.3) is 0 Å². The molecule has 1 atom stereocenters. The van der Waals surface area contributed by atoms with E-state index in [1.807, 2.05) is 24.3 Å². The summed E-state index contributed by atoms with van der Waals surface area (Å²) in [7, 11) is -2.17. The van der Waals surface area contributed by atoms with Gasteiger partial charge in [0.1, 0.15) is 11.6 Å². The van der Waals surface area contributed by atoms with Crippen molar-refractivity contribution in [3.8, 4) is 5.75 Å². The van der Waals surface area contributed by atoms with Gasteiger partial charge in [-0.1, -0.05) is 23.7 Å². The van der Waals surface area contributed by atoms with Gasteiger partial charge in [0.2, 0.25) is 15.9 Å². The first-order valence-electron chi connectivity index (χ1n) is 10.7. The predicted octanol–water partition coefficient (Wildman–Crippen LogP) is 4.16. The van der Waals surface area contributed by atoms with Crippen molar-refractivity contribution >= 4 is 27.5 Å². The maximum absolute atomic E-state index is 13.4. The first-order valence-corrected chi connectivity index (χ1v) is 12.5. The number of rotatable bonds is 7. The van der Waals surface area contributed by atoms with E-state index in [9.17, 15) is 17.6 Å². The number of methoxy groups -OCH3 is 1. The Morgan fingerprint density at radius 1 is 1.12 bits per heavy atom. The molecule has 1 saturated carbocycles. The molecule has 1 amide bonds. The molecular weight excluding hydrogens is 455 g/mol. The number of nitrogens with zero attached hydrogens (tertiary/aromatic N) is 1. The van der Waals surface area contributed by atoms with Crippen molar-refractivity contribution in [3.63, 3.8) is 0 Å². The highest BCUT2D eigenvalue weighted by Crippen LogP contribution is 2.41. The van der Waals surface area contributed by atoms with E-state index in [-0.39, 0.29) is 40.9 Å². The Labute approximate surface area is 192 Å². The number of hydrogen-bond acceptors (Lipinski definition) is 4. The molecule has 2 aromatic rings. The standard InChI is InChI=1S/C23H26ClFN2O4S/c1-31-18-6-4-16(5-7-18)22(15-2-3-15)26-23(28)17-10-12-27(13-11-17)32(29,30)19-8-9-21(25)20(24)14-19/h4-9,14-15,17,22H,2-3,10-13H2,1H3,(H,26,28). The molecule has 32 heavy (non-hydrogen) atoms. The lowest BCUT2D eigenvalue weighted by atomic mass is 9.95. The second-order valence-corrected chi connectivity index (χ2v) is 10.7. The summed E-state index contributed by atoms with van der Waals surface area (Å²) in [5.41, 5.74) is 1.05. The summed E-state index contributed by atoms with van der Waals surface area (Å²) in [6.45, 7) is 0.456. The molecule has 0 aromatic heterocycles. The molecule has 0 spiro atoms. The number of nitrogens with one attached hydrogen (secondary N) is 1. The zero-order chi connectivity index (χ0) is 22.9. The minimum absolute atomic E-state index is 0.0416. The van der Waals surface area contributed by atoms with E-state index in [1.165, 1.54) is 10.4 Å². The Morgan fingerprint density at radius 2 is 1.78 bits per heavy atom. The van der Waals surface area contributed by atoms with Crippen LogP contribution < -0.4 is 10.1 Å². The van der Waals surface area contributed by atoms with Crippen molar-refractivity contribution in [3.05, 3.63) is 58.9 Å². The molecular formula is C23H26ClFN2O4S. The number of ether oxygens (including phenoxy) is 1. The van der Waals surface area contributed by atoms with E-state index in [2.05, 4.69) is 5.32 Å². The van der Waals surface area contributed by atoms with E-state index in [0.717, 1.165) is 36.3 Å². The zero-order valence-corrected chi connectivity index (χ0v) is 19.3. The normalized spacial score (nSPS) is 18.8. The maximum Gasteiger partial charge on any atom is 0.243 e. The summed E-state index contributed by atoms with van der Waals surface area (Å²) >= 11 is 5.75. The van der Waals surface area contributed by atoms with E-state index in [4.69, 9.17) is 16.3 Å². The number of sulfonamides is 1. The fraction of sp³-hybridized carbons (Fsp3) is 0.435. The molecule has 1 saturated heterocycles. The molecule has 0 radical (unpaired) electrons. The van der Waals surface area contributed by atoms with E-state index < -0.39 is 15.8 Å². The highest BCUT2D eigenvalue weighted by atomic mass is 35.5. The molecule has 1 unspecified atom stereocenters. The lowest BCUT2D eigenvalue weighted by Gasteiger charge is -2.31. The Balaban J connectivity index is 1.38. The Bertz CT molecular complexity index is 1080. The summed E-state index contributed by atoms with van der Waals surface area (Å²) in [4.78, 5) is 12.9. The van der Waals surface area contributed by atoms with Crippen molar-refractivity contribution in [2.24, 2.45) is 11.8 Å². The monoisotopic (exact) mass is 480 g/mol. The first-order chi connectivity index (χ1) is 15.3. The molecule has 2 fully saturated rings. The van der Waals surface area contributed by atoms with Gasteiger partial charge >= 0.3 is 0 Å². The summed E-state index contributed by atoms with van der Waals surface area (Å²) in [5, 5.41) is 2.96. The second-order valence-electron chi connectivity index (χ2n) is 8.35. The Hall–Kier alpha value is -2.16. The second kappa shape index (κ2) is 9.37. The van der Waals surface area contributed by atoms with Gasteiger partial charge in [0, 0.05) is 19.0 Å². The first kappa shape index (κ1) is 23.0. The fourth-order valence-electron chi connectivity index (χ4n) is 4.13. The van der Waals surface area contributed by atoms with Crippen LogP contribution in [0.1, 0.15) is 37.3 Å². The third-order valence-corrected chi connectivity index (χ3v) is 8.40. The van der Waals surface area contributed by atoms with Gasteiger partial charge in [-0.25, -0.2) is 12.8 Å². The zero-order valence-electron chi connectivity index (χ0n) is 17.8. The van der Waals surface area contributed by atoms with Crippen LogP contribution in [0.25, 0.3) is 0 Å². The highest BCUT2D eigenvalue weighted by molar-refractivity contribution is 7.89. The average Bonchev–Trinajstić information content (AvgIpc) is 3.64. The molecule has 2 aliphatic rings. The Kier molecular flexibility index (Phi) is 6.74. The van der Waals surface area contributed by atoms with Gasteiger partial charge in [-0.2, -0.15) is 4.31 Å². The van der Waals surface area contributed by atoms with Crippen LogP contribution in [-0.2, 0) is 14.8 Å². The highest BCUT2D eigenvalue weighted by Gasteiger charge is 2.37. The van der Waals surface area contributed by atoms with Crippen LogP contribution in [0.2, 0.25) is 5.02 Å². The van der Waals surface area contributed by atoms with Crippen LogP contribution in [0.5, 0.6) is 5.75 Å². The van der Waals surface area contributed by atoms with Crippen LogP contribution in [0.15, 0.2) is 47.4 Å². The van der Waals surface area contributed by atoms with Crippen molar-refractivity contribution in [1.29, 1.82) is 0 Å². The van der Waals surface area contributed by atoms with E-state index >= 15 is 0 Å². The lowest BCUT2D eigenvalue weighted by Crippen LogP contribution is -2.44. The van der Waals surface area contributed by atoms with Crippen molar-refractivity contribution in [2.45, 2.75) is 36.6 Å². The number of piperidine rings is 1. The number of halogens is 2. The largest absolute Gasteiger partial charge is 0.497 e. The van der Waals surface area contributed by atoms with E-state index in [0.29, 0.717) is 18.8 Å². The molecule has 1 heterocycles. The van der Waals surface area contributed by atoms with Gasteiger partial charge in [-0.3, -0.25) is 4.79 Å². The number of amides is 1. The summed E-state index contributed by atoms with van der Waals surface area (Å²) in [6.07, 6.45) is 3.02. The van der Waals surface area contributed by atoms with Crippen LogP contribution in [-0.4, -0.2) is 38.8 Å². The molecule has 1 N–H and O–H groups in total. The summed E-state index contributed by atoms with van der Waals surface area (Å²) in [6, 6.07) is 11.1. The van der Waals surface area contributed by atoms with Crippen LogP contribution in [0.4, 0.5) is 4.39 Å². The number of hydrogen-bond donors (Lipinski definition) is 1. The summed E-state index contributed by atoms with van der Waals surface area (Å²) in [5.74, 6) is 0.238. The predicted molar refractivity (Wildman–Crippen MR) is 119 cm³/mol. The molecule has 2 aromatic carbocycles. The van der Waals surface area contributed by atoms with E-state index in [1.54, 1.807) is 7.11 Å². The Morgan fingerprint density at radius 3 is 2.34 bits per heavy atom. The lowest BCUT2D eigenvalue weighted by molar-refractivity contribution is -0.127. The van der Waals surface area contributed by atoms with Crippen LogP contribution in [0, 0.1) is 17.7 Å². The van der Waals surface area contributed by atoms with Gasteiger partial charge in [0.15, 0.2) is 0 Å². The third-order valence-electron chi connectivity index (χ3n) is 6.22. The molecule has 4 rings (SSSR count). The topological polar surface area (TPSA) is 75.7 Å². The molecule has 172 valence electrons. The van der Waals surface area contributed by atoms with Crippen LogP contribution in [0.3, 0.4) is 0 Å². The smallest absolute Gasteiger partial charge is 0.243 e. The molecule has 1 aliphatic carbocycles. The van der Waals surface area contributed by atoms with Crippen molar-refractivity contribution < 1.29 is 22.3 Å². The number of carbonyl (C=O) groups excluding carboxylic acids is 1. The van der Waals surface area contributed by atoms with Gasteiger partial charge in [0.05, 0.1) is 23.1 Å². The van der Waals surface area contributed by atoms with Gasteiger partial charge < -0.3 is 10.1 Å². The van der Waals surface area contributed by atoms with Crippen molar-refractivity contribution in [2.75, 3.05) is 20.2 Å². The maximum atomic E-state index is 13.4. The quantitative estimate of drug-likeness (QED) is 0.645. The van der Waals surface area contributed by atoms with Gasteiger partial charge in [-0.15, -0.1) is 0 Å². The SMILES string of the molecule is COc1ccc(C(NC(=O)C2CCN(S(=O)(=O)c3ccc(F)c(Cl)c3)CC2)C2CC2)cc1. The minimum atomic E-state index is -3.79. The molecule has 0 bridgehead atoms. The third kappa shape index (κ3) is 4.92. The van der Waals surface area contributed by atoms with Gasteiger partial charge in [-0.05, 0) is 67.5 Å². The molecule has 9 heteroatoms. The molecule has 6 nitrogen and oxygen atoms in total. The minimum Gasteiger partial charge on any atom is -0.497 e. The number of carbonyl (C=O) groups is 1. The molecule has 1 aliphatic heterocycles. The fourth-order valence-corrected chi connectivity index (χ4v) is 5.87. The average molecular weight is 481 g/mol.